The number of hydrogen-bond donors (Lipinski definition) is 1. The van der Waals surface area contributed by atoms with E-state index in [1.54, 1.807) is 33.9 Å². The van der Waals surface area contributed by atoms with Gasteiger partial charge < -0.3 is 5.32 Å². The monoisotopic (exact) mass is 506 g/mol. The normalized spacial score (nSPS) is 11.1. The summed E-state index contributed by atoms with van der Waals surface area (Å²) >= 11 is 12.8. The maximum absolute atomic E-state index is 13.0. The van der Waals surface area contributed by atoms with Crippen LogP contribution < -0.4 is 5.32 Å². The lowest BCUT2D eigenvalue weighted by Gasteiger charge is -2.19. The van der Waals surface area contributed by atoms with Gasteiger partial charge in [0.15, 0.2) is 5.69 Å². The van der Waals surface area contributed by atoms with E-state index in [9.17, 15) is 4.79 Å². The zero-order chi connectivity index (χ0) is 25.2. The zero-order valence-electron chi connectivity index (χ0n) is 19.8. The molecular weight excluding hydrogens is 483 g/mol. The van der Waals surface area contributed by atoms with E-state index in [1.165, 1.54) is 6.33 Å². The van der Waals surface area contributed by atoms with Gasteiger partial charge >= 0.3 is 0 Å². The number of benzene rings is 2. The molecule has 9 heteroatoms. The lowest BCUT2D eigenvalue weighted by Crippen LogP contribution is -2.41. The predicted octanol–water partition coefficient (Wildman–Crippen LogP) is 5.33. The van der Waals surface area contributed by atoms with Gasteiger partial charge in [0.1, 0.15) is 19.2 Å². The van der Waals surface area contributed by atoms with E-state index in [2.05, 4.69) is 32.3 Å². The molecule has 0 saturated carbocycles. The number of carbonyl (C=O) groups is 1. The first-order valence-corrected chi connectivity index (χ1v) is 11.7. The lowest BCUT2D eigenvalue weighted by atomic mass is 10.0. The number of nitrogens with one attached hydrogen (secondary N) is 1. The largest absolute Gasteiger partial charge is 0.346 e. The number of amides is 1. The Morgan fingerprint density at radius 1 is 1.11 bits per heavy atom. The third kappa shape index (κ3) is 5.73. The molecule has 0 radical (unpaired) electrons. The Hall–Kier alpha value is -3.60. The van der Waals surface area contributed by atoms with Gasteiger partial charge in [0.05, 0.1) is 16.4 Å². The van der Waals surface area contributed by atoms with Crippen molar-refractivity contribution in [2.75, 3.05) is 0 Å². The molecule has 0 fully saturated rings. The molecule has 35 heavy (non-hydrogen) atoms. The van der Waals surface area contributed by atoms with E-state index in [-0.39, 0.29) is 5.91 Å². The summed E-state index contributed by atoms with van der Waals surface area (Å²) in [6, 6.07) is 12.9. The van der Waals surface area contributed by atoms with Gasteiger partial charge in [-0.1, -0.05) is 47.2 Å². The van der Waals surface area contributed by atoms with Crippen LogP contribution in [0.2, 0.25) is 10.0 Å². The number of nitrogens with zero attached hydrogens (tertiary/aromatic N) is 5. The molecular formula is C26H24Cl2N6O. The van der Waals surface area contributed by atoms with E-state index in [0.29, 0.717) is 28.0 Å². The van der Waals surface area contributed by atoms with Crippen LogP contribution in [0.5, 0.6) is 0 Å². The van der Waals surface area contributed by atoms with Crippen LogP contribution in [-0.4, -0.2) is 36.0 Å². The Morgan fingerprint density at radius 2 is 1.86 bits per heavy atom. The smallest absolute Gasteiger partial charge is 0.272 e. The molecule has 0 unspecified atom stereocenters. The summed E-state index contributed by atoms with van der Waals surface area (Å²) in [6.07, 6.45) is 3.07. The van der Waals surface area contributed by atoms with Crippen LogP contribution in [0.1, 0.15) is 42.4 Å². The van der Waals surface area contributed by atoms with Gasteiger partial charge in [-0.3, -0.25) is 4.79 Å². The fourth-order valence-corrected chi connectivity index (χ4v) is 3.91. The van der Waals surface area contributed by atoms with E-state index >= 15 is 0 Å². The van der Waals surface area contributed by atoms with Gasteiger partial charge in [-0.05, 0) is 58.0 Å². The van der Waals surface area contributed by atoms with Crippen LogP contribution in [0.3, 0.4) is 0 Å². The van der Waals surface area contributed by atoms with Crippen LogP contribution in [-0.2, 0) is 6.54 Å². The van der Waals surface area contributed by atoms with Crippen molar-refractivity contribution in [1.29, 1.82) is 0 Å². The van der Waals surface area contributed by atoms with Crippen LogP contribution in [0.4, 0.5) is 0 Å². The molecule has 1 amide bonds. The van der Waals surface area contributed by atoms with Crippen molar-refractivity contribution in [3.8, 4) is 28.8 Å². The summed E-state index contributed by atoms with van der Waals surface area (Å²) < 4.78 is 3.34. The van der Waals surface area contributed by atoms with Crippen molar-refractivity contribution in [2.45, 2.75) is 39.8 Å². The molecule has 0 aliphatic heterocycles. The Bertz CT molecular complexity index is 1420. The molecule has 2 aromatic carbocycles. The predicted molar refractivity (Wildman–Crippen MR) is 138 cm³/mol. The summed E-state index contributed by atoms with van der Waals surface area (Å²) in [5, 5.41) is 12.8. The van der Waals surface area contributed by atoms with Crippen molar-refractivity contribution >= 4 is 29.1 Å². The first kappa shape index (κ1) is 24.5. The van der Waals surface area contributed by atoms with Crippen molar-refractivity contribution in [1.82, 2.24) is 29.9 Å². The third-order valence-corrected chi connectivity index (χ3v) is 5.61. The van der Waals surface area contributed by atoms with Gasteiger partial charge in [-0.15, -0.1) is 0 Å². The Balaban J connectivity index is 1.76. The minimum absolute atomic E-state index is 0.254. The summed E-state index contributed by atoms with van der Waals surface area (Å²) in [4.78, 5) is 17.0. The van der Waals surface area contributed by atoms with Crippen LogP contribution in [0.15, 0.2) is 55.1 Å². The maximum atomic E-state index is 13.0. The van der Waals surface area contributed by atoms with Gasteiger partial charge in [0, 0.05) is 27.3 Å². The van der Waals surface area contributed by atoms with Crippen LogP contribution in [0.25, 0.3) is 16.9 Å². The SMILES string of the molecule is Cc1c(C(=O)NC(C)(C)C)nn(-c2ccc(C#CCn3cncn3)cc2Cl)c1-c1ccc(Cl)cc1. The lowest BCUT2D eigenvalue weighted by molar-refractivity contribution is 0.0913. The first-order chi connectivity index (χ1) is 16.6. The Kier molecular flexibility index (Phi) is 6.97. The molecule has 4 rings (SSSR count). The highest BCUT2D eigenvalue weighted by Gasteiger charge is 2.25. The number of hydrogen-bond acceptors (Lipinski definition) is 4. The number of aromatic nitrogens is 5. The zero-order valence-corrected chi connectivity index (χ0v) is 21.3. The summed E-state index contributed by atoms with van der Waals surface area (Å²) in [7, 11) is 0. The van der Waals surface area contributed by atoms with Crippen LogP contribution >= 0.6 is 23.2 Å². The molecule has 7 nitrogen and oxygen atoms in total. The van der Waals surface area contributed by atoms with Crippen molar-refractivity contribution in [3.63, 3.8) is 0 Å². The average Bonchev–Trinajstić information content (AvgIpc) is 3.41. The quantitative estimate of drug-likeness (QED) is 0.379. The molecule has 1 N–H and O–H groups in total. The molecule has 4 aromatic rings. The van der Waals surface area contributed by atoms with Gasteiger partial charge in [0.2, 0.25) is 0 Å². The molecule has 2 aromatic heterocycles. The van der Waals surface area contributed by atoms with E-state index in [1.807, 2.05) is 52.0 Å². The van der Waals surface area contributed by atoms with Crippen LogP contribution in [0, 0.1) is 18.8 Å². The highest BCUT2D eigenvalue weighted by atomic mass is 35.5. The molecule has 0 saturated heterocycles. The topological polar surface area (TPSA) is 77.6 Å². The van der Waals surface area contributed by atoms with E-state index < -0.39 is 5.54 Å². The summed E-state index contributed by atoms with van der Waals surface area (Å²) in [5.74, 6) is 5.88. The maximum Gasteiger partial charge on any atom is 0.272 e. The van der Waals surface area contributed by atoms with Gasteiger partial charge in [-0.25, -0.2) is 14.3 Å². The fourth-order valence-electron chi connectivity index (χ4n) is 3.53. The Morgan fingerprint density at radius 3 is 2.49 bits per heavy atom. The first-order valence-electron chi connectivity index (χ1n) is 10.9. The fraction of sp³-hybridized carbons (Fsp3) is 0.231. The highest BCUT2D eigenvalue weighted by molar-refractivity contribution is 6.32. The van der Waals surface area contributed by atoms with Crippen molar-refractivity contribution in [2.24, 2.45) is 0 Å². The molecule has 0 bridgehead atoms. The summed E-state index contributed by atoms with van der Waals surface area (Å²) in [5.41, 5.74) is 3.67. The van der Waals surface area contributed by atoms with Crippen molar-refractivity contribution in [3.05, 3.63) is 82.0 Å². The molecule has 0 aliphatic rings. The molecule has 0 atom stereocenters. The molecule has 178 valence electrons. The third-order valence-electron chi connectivity index (χ3n) is 5.06. The number of carbonyl (C=O) groups excluding carboxylic acids is 1. The Labute approximate surface area is 214 Å². The second-order valence-electron chi connectivity index (χ2n) is 9.01. The van der Waals surface area contributed by atoms with E-state index in [0.717, 1.165) is 22.4 Å². The van der Waals surface area contributed by atoms with E-state index in [4.69, 9.17) is 23.2 Å². The molecule has 0 aliphatic carbocycles. The second kappa shape index (κ2) is 9.95. The molecule has 2 heterocycles. The second-order valence-corrected chi connectivity index (χ2v) is 9.85. The highest BCUT2D eigenvalue weighted by Crippen LogP contribution is 2.32. The minimum atomic E-state index is -0.405. The average molecular weight is 507 g/mol. The van der Waals surface area contributed by atoms with Gasteiger partial charge in [0.25, 0.3) is 5.91 Å². The number of halogens is 2. The molecule has 0 spiro atoms. The number of rotatable bonds is 4. The summed E-state index contributed by atoms with van der Waals surface area (Å²) in [6.45, 7) is 8.08. The standard InChI is InChI=1S/C26H24Cl2N6O/c1-17-23(25(35)31-26(2,3)4)32-34(24(17)19-8-10-20(27)11-9-19)22-12-7-18(14-21(22)28)6-5-13-33-16-29-15-30-33/h7-12,14-16H,13H2,1-4H3,(H,31,35). The van der Waals surface area contributed by atoms with Gasteiger partial charge in [-0.2, -0.15) is 10.2 Å². The van der Waals surface area contributed by atoms with Crippen molar-refractivity contribution < 1.29 is 4.79 Å². The minimum Gasteiger partial charge on any atom is -0.346 e.